The maximum Gasteiger partial charge on any atom is 0.253 e. The molecule has 2 heterocycles. The van der Waals surface area contributed by atoms with E-state index in [1.165, 1.54) is 11.1 Å². The molecule has 218 valence electrons. The van der Waals surface area contributed by atoms with Gasteiger partial charge in [0.15, 0.2) is 0 Å². The van der Waals surface area contributed by atoms with Crippen LogP contribution >= 0.6 is 0 Å². The van der Waals surface area contributed by atoms with Crippen LogP contribution in [0.25, 0.3) is 11.0 Å². The van der Waals surface area contributed by atoms with Gasteiger partial charge in [0.2, 0.25) is 5.95 Å². The van der Waals surface area contributed by atoms with Crippen molar-refractivity contribution in [1.82, 2.24) is 19.4 Å². The summed E-state index contributed by atoms with van der Waals surface area (Å²) in [6, 6.07) is 12.5. The van der Waals surface area contributed by atoms with Crippen molar-refractivity contribution in [3.63, 3.8) is 0 Å². The summed E-state index contributed by atoms with van der Waals surface area (Å²) < 4.78 is 7.94. The summed E-state index contributed by atoms with van der Waals surface area (Å²) in [4.78, 5) is 23.1. The van der Waals surface area contributed by atoms with Gasteiger partial charge in [0.25, 0.3) is 5.91 Å². The number of imidazole rings is 1. The Kier molecular flexibility index (Phi) is 10.5. The van der Waals surface area contributed by atoms with Crippen molar-refractivity contribution in [2.24, 2.45) is 11.8 Å². The largest absolute Gasteiger partial charge is 0.493 e. The molecule has 1 aliphatic rings. The monoisotopic (exact) mass is 547 g/mol. The highest BCUT2D eigenvalue weighted by Gasteiger charge is 2.20. The first kappa shape index (κ1) is 29.9. The zero-order chi connectivity index (χ0) is 28.6. The number of nitrogens with one attached hydrogen (secondary N) is 1. The molecule has 0 unspecified atom stereocenters. The number of amides is 1. The summed E-state index contributed by atoms with van der Waals surface area (Å²) >= 11 is 0. The lowest BCUT2D eigenvalue weighted by Crippen LogP contribution is -2.34. The number of hydrogen-bond acceptors (Lipinski definition) is 5. The minimum absolute atomic E-state index is 0.122. The second-order valence-electron chi connectivity index (χ2n) is 12.1. The van der Waals surface area contributed by atoms with Crippen molar-refractivity contribution in [3.05, 3.63) is 53.1 Å². The highest BCUT2D eigenvalue weighted by molar-refractivity contribution is 5.97. The van der Waals surface area contributed by atoms with Crippen molar-refractivity contribution in [3.8, 4) is 5.75 Å². The molecule has 2 aromatic carbocycles. The van der Waals surface area contributed by atoms with Crippen LogP contribution in [-0.4, -0.2) is 65.1 Å². The number of fused-ring (bicyclic) bond motifs is 2. The van der Waals surface area contributed by atoms with Gasteiger partial charge in [0.05, 0.1) is 17.6 Å². The fraction of sp³-hybridized carbons (Fsp3) is 0.576. The van der Waals surface area contributed by atoms with Gasteiger partial charge >= 0.3 is 0 Å². The van der Waals surface area contributed by atoms with Gasteiger partial charge in [-0.2, -0.15) is 0 Å². The Labute approximate surface area is 240 Å². The van der Waals surface area contributed by atoms with Gasteiger partial charge < -0.3 is 24.4 Å². The quantitative estimate of drug-likeness (QED) is 0.237. The number of rotatable bonds is 15. The molecule has 3 aromatic rings. The van der Waals surface area contributed by atoms with Crippen LogP contribution in [0.15, 0.2) is 36.4 Å². The number of carbonyl (C=O) groups is 1. The molecule has 7 heteroatoms. The minimum atomic E-state index is 0.122. The number of anilines is 1. The molecule has 4 rings (SSSR count). The third-order valence-electron chi connectivity index (χ3n) is 7.90. The normalized spacial score (nSPS) is 12.9. The summed E-state index contributed by atoms with van der Waals surface area (Å²) in [7, 11) is 2.16. The van der Waals surface area contributed by atoms with Crippen LogP contribution in [0.1, 0.15) is 75.4 Å². The van der Waals surface area contributed by atoms with E-state index in [1.54, 1.807) is 0 Å². The molecule has 0 bridgehead atoms. The van der Waals surface area contributed by atoms with Crippen molar-refractivity contribution >= 4 is 22.9 Å². The van der Waals surface area contributed by atoms with E-state index in [4.69, 9.17) is 9.72 Å². The third-order valence-corrected chi connectivity index (χ3v) is 7.90. The maximum absolute atomic E-state index is 13.7. The predicted molar refractivity (Wildman–Crippen MR) is 165 cm³/mol. The molecule has 0 spiro atoms. The summed E-state index contributed by atoms with van der Waals surface area (Å²) in [6.45, 7) is 17.0. The zero-order valence-corrected chi connectivity index (χ0v) is 25.5. The van der Waals surface area contributed by atoms with Gasteiger partial charge in [0.1, 0.15) is 5.75 Å². The lowest BCUT2D eigenvalue weighted by atomic mass is 10.1. The molecule has 1 N–H and O–H groups in total. The molecule has 0 saturated carbocycles. The van der Waals surface area contributed by atoms with E-state index in [2.05, 4.69) is 85.6 Å². The molecule has 7 nitrogen and oxygen atoms in total. The van der Waals surface area contributed by atoms with Gasteiger partial charge in [-0.15, -0.1) is 0 Å². The van der Waals surface area contributed by atoms with E-state index in [0.717, 1.165) is 93.3 Å². The highest BCUT2D eigenvalue weighted by atomic mass is 16.5. The molecule has 0 radical (unpaired) electrons. The number of carbonyl (C=O) groups excluding carboxylic acids is 1. The topological polar surface area (TPSA) is 62.6 Å². The van der Waals surface area contributed by atoms with E-state index in [9.17, 15) is 4.79 Å². The van der Waals surface area contributed by atoms with Crippen LogP contribution in [0, 0.1) is 11.8 Å². The van der Waals surface area contributed by atoms with Crippen LogP contribution in [0.4, 0.5) is 5.95 Å². The lowest BCUT2D eigenvalue weighted by molar-refractivity contribution is 0.0741. The standard InChI is InChI=1S/C33H49N5O2/c1-7-36(6)16-8-17-38-30-22-28(32(39)37(18-13-24(2)3)19-14-25(4)5)10-11-29(30)35-33(38)34-23-26-9-12-31-27(21-26)15-20-40-31/h9-12,21-22,24-25H,7-8,13-20,23H2,1-6H3,(H,34,35). The fourth-order valence-corrected chi connectivity index (χ4v) is 5.13. The SMILES string of the molecule is CCN(C)CCCn1c(NCc2ccc3c(c2)CCO3)nc2ccc(C(=O)N(CCC(C)C)CCC(C)C)cc21. The number of aryl methyl sites for hydroxylation is 1. The maximum atomic E-state index is 13.7. The van der Waals surface area contributed by atoms with Crippen molar-refractivity contribution in [2.75, 3.05) is 45.2 Å². The minimum Gasteiger partial charge on any atom is -0.493 e. The van der Waals surface area contributed by atoms with E-state index < -0.39 is 0 Å². The number of ether oxygens (including phenoxy) is 1. The van der Waals surface area contributed by atoms with Crippen LogP contribution in [0.5, 0.6) is 5.75 Å². The molecular weight excluding hydrogens is 498 g/mol. The summed E-state index contributed by atoms with van der Waals surface area (Å²) in [5, 5.41) is 3.60. The lowest BCUT2D eigenvalue weighted by Gasteiger charge is -2.25. The molecule has 0 aliphatic carbocycles. The van der Waals surface area contributed by atoms with Crippen molar-refractivity contribution < 1.29 is 9.53 Å². The predicted octanol–water partition coefficient (Wildman–Crippen LogP) is 6.46. The number of benzene rings is 2. The molecule has 1 aromatic heterocycles. The van der Waals surface area contributed by atoms with Crippen LogP contribution in [0.3, 0.4) is 0 Å². The first-order valence-electron chi connectivity index (χ1n) is 15.2. The Balaban J connectivity index is 1.59. The number of nitrogens with zero attached hydrogens (tertiary/aromatic N) is 4. The van der Waals surface area contributed by atoms with Crippen LogP contribution < -0.4 is 10.1 Å². The molecule has 40 heavy (non-hydrogen) atoms. The smallest absolute Gasteiger partial charge is 0.253 e. The van der Waals surface area contributed by atoms with E-state index in [1.807, 2.05) is 12.1 Å². The molecule has 1 amide bonds. The number of aromatic nitrogens is 2. The van der Waals surface area contributed by atoms with E-state index >= 15 is 0 Å². The molecule has 0 atom stereocenters. The summed E-state index contributed by atoms with van der Waals surface area (Å²) in [5.41, 5.74) is 5.18. The van der Waals surface area contributed by atoms with Gasteiger partial charge in [-0.25, -0.2) is 4.98 Å². The van der Waals surface area contributed by atoms with Crippen LogP contribution in [-0.2, 0) is 19.5 Å². The average molecular weight is 548 g/mol. The second-order valence-corrected chi connectivity index (χ2v) is 12.1. The Morgan fingerprint density at radius 3 is 2.50 bits per heavy atom. The van der Waals surface area contributed by atoms with Gasteiger partial charge in [-0.1, -0.05) is 46.8 Å². The van der Waals surface area contributed by atoms with Crippen molar-refractivity contribution in [1.29, 1.82) is 0 Å². The average Bonchev–Trinajstić information content (AvgIpc) is 3.54. The van der Waals surface area contributed by atoms with Gasteiger partial charge in [0, 0.05) is 38.2 Å². The Morgan fingerprint density at radius 2 is 1.80 bits per heavy atom. The second kappa shape index (κ2) is 14.0. The molecule has 1 aliphatic heterocycles. The Morgan fingerprint density at radius 1 is 1.05 bits per heavy atom. The molecule has 0 saturated heterocycles. The first-order valence-corrected chi connectivity index (χ1v) is 15.2. The Hall–Kier alpha value is -3.06. The Bertz CT molecular complexity index is 1250. The third kappa shape index (κ3) is 7.78. The highest BCUT2D eigenvalue weighted by Crippen LogP contribution is 2.27. The van der Waals surface area contributed by atoms with Crippen LogP contribution in [0.2, 0.25) is 0 Å². The summed E-state index contributed by atoms with van der Waals surface area (Å²) in [6.07, 6.45) is 4.00. The zero-order valence-electron chi connectivity index (χ0n) is 25.5. The van der Waals surface area contributed by atoms with Gasteiger partial charge in [-0.05, 0) is 86.6 Å². The fourth-order valence-electron chi connectivity index (χ4n) is 5.13. The molecular formula is C33H49N5O2. The first-order chi connectivity index (χ1) is 19.2. The molecule has 0 fully saturated rings. The van der Waals surface area contributed by atoms with Crippen molar-refractivity contribution in [2.45, 2.75) is 73.4 Å². The van der Waals surface area contributed by atoms with E-state index in [0.29, 0.717) is 18.4 Å². The summed E-state index contributed by atoms with van der Waals surface area (Å²) in [5.74, 6) is 3.10. The number of hydrogen-bond donors (Lipinski definition) is 1. The van der Waals surface area contributed by atoms with Gasteiger partial charge in [-0.3, -0.25) is 4.79 Å². The van der Waals surface area contributed by atoms with E-state index in [-0.39, 0.29) is 5.91 Å².